The molecule has 0 radical (unpaired) electrons. The third-order valence-corrected chi connectivity index (χ3v) is 5.95. The first kappa shape index (κ1) is 13.5. The Kier molecular flexibility index (Phi) is 4.49. The lowest BCUT2D eigenvalue weighted by molar-refractivity contribution is 0.318. The van der Waals surface area contributed by atoms with Crippen LogP contribution < -0.4 is 5.32 Å². The van der Waals surface area contributed by atoms with Gasteiger partial charge in [0.15, 0.2) is 0 Å². The van der Waals surface area contributed by atoms with Gasteiger partial charge in [0, 0.05) is 22.7 Å². The molecule has 1 nitrogen and oxygen atoms in total. The largest absolute Gasteiger partial charge is 0.306 e. The minimum atomic E-state index is 0.569. The number of rotatable bonds is 3. The van der Waals surface area contributed by atoms with Crippen LogP contribution in [0.15, 0.2) is 29.2 Å². The fourth-order valence-electron chi connectivity index (χ4n) is 3.57. The van der Waals surface area contributed by atoms with Crippen molar-refractivity contribution < 1.29 is 0 Å². The third-order valence-electron chi connectivity index (χ3n) is 4.77. The van der Waals surface area contributed by atoms with Gasteiger partial charge in [-0.3, -0.25) is 0 Å². The van der Waals surface area contributed by atoms with E-state index in [9.17, 15) is 0 Å². The van der Waals surface area contributed by atoms with Crippen molar-refractivity contribution in [3.05, 3.63) is 29.8 Å². The van der Waals surface area contributed by atoms with Crippen molar-refractivity contribution >= 4 is 11.8 Å². The van der Waals surface area contributed by atoms with E-state index in [1.54, 1.807) is 0 Å². The summed E-state index contributed by atoms with van der Waals surface area (Å²) in [6.45, 7) is 2.40. The average molecular weight is 275 g/mol. The molecule has 0 bridgehead atoms. The van der Waals surface area contributed by atoms with Crippen LogP contribution in [-0.4, -0.2) is 11.8 Å². The zero-order valence-corrected chi connectivity index (χ0v) is 12.7. The maximum atomic E-state index is 3.91. The molecular formula is C17H25NS. The second-order valence-corrected chi connectivity index (χ2v) is 7.17. The molecule has 1 fully saturated rings. The molecule has 1 aromatic rings. The summed E-state index contributed by atoms with van der Waals surface area (Å²) >= 11 is 2.01. The zero-order valence-electron chi connectivity index (χ0n) is 11.9. The molecule has 0 saturated heterocycles. The van der Waals surface area contributed by atoms with Crippen molar-refractivity contribution in [2.75, 3.05) is 5.75 Å². The van der Waals surface area contributed by atoms with E-state index in [1.807, 2.05) is 11.8 Å². The molecule has 1 aromatic carbocycles. The van der Waals surface area contributed by atoms with Gasteiger partial charge >= 0.3 is 0 Å². The summed E-state index contributed by atoms with van der Waals surface area (Å²) in [5.41, 5.74) is 1.52. The lowest BCUT2D eigenvalue weighted by atomic mass is 9.92. The SMILES string of the molecule is C[C@@H](NC1CSc2ccccc21)C1CCCCCC1. The van der Waals surface area contributed by atoms with Crippen molar-refractivity contribution in [3.63, 3.8) is 0 Å². The van der Waals surface area contributed by atoms with Crippen LogP contribution in [-0.2, 0) is 0 Å². The Balaban J connectivity index is 1.62. The Morgan fingerprint density at radius 3 is 2.63 bits per heavy atom. The van der Waals surface area contributed by atoms with Gasteiger partial charge in [0.2, 0.25) is 0 Å². The lowest BCUT2D eigenvalue weighted by Gasteiger charge is -2.27. The topological polar surface area (TPSA) is 12.0 Å². The minimum absolute atomic E-state index is 0.569. The van der Waals surface area contributed by atoms with E-state index >= 15 is 0 Å². The number of fused-ring (bicyclic) bond motifs is 1. The highest BCUT2D eigenvalue weighted by Gasteiger charge is 2.26. The molecule has 1 aliphatic heterocycles. The number of nitrogens with one attached hydrogen (secondary N) is 1. The first-order valence-corrected chi connectivity index (χ1v) is 8.81. The minimum Gasteiger partial charge on any atom is -0.306 e. The second kappa shape index (κ2) is 6.32. The summed E-state index contributed by atoms with van der Waals surface area (Å²) in [4.78, 5) is 1.48. The van der Waals surface area contributed by atoms with Crippen molar-refractivity contribution in [2.24, 2.45) is 5.92 Å². The third kappa shape index (κ3) is 3.17. The molecular weight excluding hydrogens is 250 g/mol. The predicted molar refractivity (Wildman–Crippen MR) is 83.7 cm³/mol. The van der Waals surface area contributed by atoms with E-state index < -0.39 is 0 Å². The maximum absolute atomic E-state index is 3.91. The molecule has 0 aromatic heterocycles. The van der Waals surface area contributed by atoms with E-state index in [0.29, 0.717) is 12.1 Å². The van der Waals surface area contributed by atoms with Gasteiger partial charge in [-0.15, -0.1) is 11.8 Å². The maximum Gasteiger partial charge on any atom is 0.0428 e. The van der Waals surface area contributed by atoms with Gasteiger partial charge in [-0.2, -0.15) is 0 Å². The number of hydrogen-bond acceptors (Lipinski definition) is 2. The summed E-state index contributed by atoms with van der Waals surface area (Å²) in [5, 5.41) is 3.91. The standard InChI is InChI=1S/C17H25NS/c1-13(14-8-4-2-3-5-9-14)18-16-12-19-17-11-7-6-10-15(16)17/h6-7,10-11,13-14,16,18H,2-5,8-9,12H2,1H3/t13-,16?/m1/s1. The van der Waals surface area contributed by atoms with E-state index in [2.05, 4.69) is 36.5 Å². The molecule has 1 saturated carbocycles. The van der Waals surface area contributed by atoms with Crippen molar-refractivity contribution in [1.29, 1.82) is 0 Å². The molecule has 2 atom stereocenters. The van der Waals surface area contributed by atoms with E-state index in [0.717, 1.165) is 5.92 Å². The molecule has 1 heterocycles. The average Bonchev–Trinajstić information content (AvgIpc) is 2.66. The van der Waals surface area contributed by atoms with E-state index in [-0.39, 0.29) is 0 Å². The summed E-state index contributed by atoms with van der Waals surface area (Å²) in [6.07, 6.45) is 8.63. The van der Waals surface area contributed by atoms with Gasteiger partial charge in [-0.1, -0.05) is 43.9 Å². The van der Waals surface area contributed by atoms with Crippen LogP contribution in [0.5, 0.6) is 0 Å². The van der Waals surface area contributed by atoms with Crippen LogP contribution in [0.4, 0.5) is 0 Å². The van der Waals surface area contributed by atoms with Gasteiger partial charge in [0.1, 0.15) is 0 Å². The van der Waals surface area contributed by atoms with Crippen LogP contribution in [0.25, 0.3) is 0 Å². The summed E-state index contributed by atoms with van der Waals surface area (Å²) < 4.78 is 0. The van der Waals surface area contributed by atoms with Crippen LogP contribution in [0.1, 0.15) is 57.1 Å². The number of thioether (sulfide) groups is 1. The summed E-state index contributed by atoms with van der Waals surface area (Å²) in [5.74, 6) is 2.09. The van der Waals surface area contributed by atoms with Gasteiger partial charge in [-0.25, -0.2) is 0 Å². The Hall–Kier alpha value is -0.470. The second-order valence-electron chi connectivity index (χ2n) is 6.11. The Morgan fingerprint density at radius 1 is 1.11 bits per heavy atom. The van der Waals surface area contributed by atoms with E-state index in [1.165, 1.54) is 54.7 Å². The van der Waals surface area contributed by atoms with Crippen LogP contribution >= 0.6 is 11.8 Å². The summed E-state index contributed by atoms with van der Waals surface area (Å²) in [7, 11) is 0. The van der Waals surface area contributed by atoms with Crippen molar-refractivity contribution in [3.8, 4) is 0 Å². The molecule has 0 spiro atoms. The van der Waals surface area contributed by atoms with Gasteiger partial charge < -0.3 is 5.32 Å². The highest BCUT2D eigenvalue weighted by atomic mass is 32.2. The monoisotopic (exact) mass is 275 g/mol. The Labute approximate surface area is 121 Å². The first-order chi connectivity index (χ1) is 9.34. The van der Waals surface area contributed by atoms with Crippen molar-refractivity contribution in [1.82, 2.24) is 5.32 Å². The molecule has 0 amide bonds. The fraction of sp³-hybridized carbons (Fsp3) is 0.647. The zero-order chi connectivity index (χ0) is 13.1. The van der Waals surface area contributed by atoms with E-state index in [4.69, 9.17) is 0 Å². The van der Waals surface area contributed by atoms with Crippen LogP contribution in [0.3, 0.4) is 0 Å². The smallest absolute Gasteiger partial charge is 0.0428 e. The molecule has 1 aliphatic carbocycles. The van der Waals surface area contributed by atoms with Gasteiger partial charge in [0.05, 0.1) is 0 Å². The first-order valence-electron chi connectivity index (χ1n) is 7.82. The molecule has 1 N–H and O–H groups in total. The predicted octanol–water partition coefficient (Wildman–Crippen LogP) is 4.78. The van der Waals surface area contributed by atoms with Crippen LogP contribution in [0.2, 0.25) is 0 Å². The Bertz CT molecular complexity index is 409. The number of benzene rings is 1. The highest BCUT2D eigenvalue weighted by molar-refractivity contribution is 7.99. The van der Waals surface area contributed by atoms with Gasteiger partial charge in [-0.05, 0) is 37.3 Å². The lowest BCUT2D eigenvalue weighted by Crippen LogP contribution is -2.36. The summed E-state index contributed by atoms with van der Waals surface area (Å²) in [6, 6.07) is 10.1. The quantitative estimate of drug-likeness (QED) is 0.797. The fourth-order valence-corrected chi connectivity index (χ4v) is 4.74. The molecule has 1 unspecified atom stereocenters. The normalized spacial score (nSPS) is 25.8. The Morgan fingerprint density at radius 2 is 1.84 bits per heavy atom. The molecule has 2 aliphatic rings. The van der Waals surface area contributed by atoms with Gasteiger partial charge in [0.25, 0.3) is 0 Å². The molecule has 104 valence electrons. The van der Waals surface area contributed by atoms with Crippen LogP contribution in [0, 0.1) is 5.92 Å². The highest BCUT2D eigenvalue weighted by Crippen LogP contribution is 2.38. The molecule has 3 rings (SSSR count). The molecule has 19 heavy (non-hydrogen) atoms. The van der Waals surface area contributed by atoms with Crippen molar-refractivity contribution in [2.45, 2.75) is 62.4 Å². The molecule has 2 heteroatoms. The number of hydrogen-bond donors (Lipinski definition) is 1.